The van der Waals surface area contributed by atoms with E-state index in [1.165, 1.54) is 0 Å². The Labute approximate surface area is 156 Å². The Balaban J connectivity index is 1.81. The first-order valence-corrected chi connectivity index (χ1v) is 9.35. The van der Waals surface area contributed by atoms with Crippen LogP contribution in [-0.2, 0) is 0 Å². The van der Waals surface area contributed by atoms with Gasteiger partial charge >= 0.3 is 0 Å². The van der Waals surface area contributed by atoms with E-state index in [-0.39, 0.29) is 5.91 Å². The molecule has 5 heteroatoms. The fourth-order valence-corrected chi connectivity index (χ4v) is 3.40. The van der Waals surface area contributed by atoms with Crippen molar-refractivity contribution in [1.82, 2.24) is 4.98 Å². The number of thioether (sulfide) groups is 1. The molecule has 0 aliphatic rings. The average molecular weight is 369 g/mol. The summed E-state index contributed by atoms with van der Waals surface area (Å²) in [6, 6.07) is 17.0. The molecule has 1 amide bonds. The fraction of sp³-hybridized carbons (Fsp3) is 0.100. The van der Waals surface area contributed by atoms with Gasteiger partial charge in [0.2, 0.25) is 0 Å². The van der Waals surface area contributed by atoms with E-state index in [1.54, 1.807) is 18.0 Å². The highest BCUT2D eigenvalue weighted by molar-refractivity contribution is 7.98. The molecule has 1 N–H and O–H groups in total. The van der Waals surface area contributed by atoms with Crippen molar-refractivity contribution in [1.29, 1.82) is 0 Å². The SMILES string of the molecule is CSc1cc(Cl)ccc1-c1ccc(NC(=O)c2ccccc2C)cn1. The van der Waals surface area contributed by atoms with Crippen molar-refractivity contribution >= 4 is 35.0 Å². The van der Waals surface area contributed by atoms with Gasteiger partial charge in [0.25, 0.3) is 5.91 Å². The highest BCUT2D eigenvalue weighted by atomic mass is 35.5. The Kier molecular flexibility index (Phi) is 5.41. The number of carbonyl (C=O) groups is 1. The number of carbonyl (C=O) groups excluding carboxylic acids is 1. The lowest BCUT2D eigenvalue weighted by Gasteiger charge is -2.10. The van der Waals surface area contributed by atoms with Gasteiger partial charge in [-0.3, -0.25) is 9.78 Å². The van der Waals surface area contributed by atoms with E-state index in [4.69, 9.17) is 11.6 Å². The predicted octanol–water partition coefficient (Wildman–Crippen LogP) is 5.68. The molecule has 0 bridgehead atoms. The van der Waals surface area contributed by atoms with Gasteiger partial charge in [0.05, 0.1) is 17.6 Å². The van der Waals surface area contributed by atoms with E-state index >= 15 is 0 Å². The van der Waals surface area contributed by atoms with Crippen molar-refractivity contribution in [3.63, 3.8) is 0 Å². The number of amides is 1. The van der Waals surface area contributed by atoms with Crippen LogP contribution in [0.2, 0.25) is 5.02 Å². The van der Waals surface area contributed by atoms with Crippen LogP contribution in [0.25, 0.3) is 11.3 Å². The van der Waals surface area contributed by atoms with Gasteiger partial charge < -0.3 is 5.32 Å². The van der Waals surface area contributed by atoms with Gasteiger partial charge in [-0.15, -0.1) is 11.8 Å². The van der Waals surface area contributed by atoms with E-state index < -0.39 is 0 Å². The molecular weight excluding hydrogens is 352 g/mol. The van der Waals surface area contributed by atoms with E-state index in [1.807, 2.05) is 67.8 Å². The summed E-state index contributed by atoms with van der Waals surface area (Å²) in [5.74, 6) is -0.135. The number of hydrogen-bond acceptors (Lipinski definition) is 3. The van der Waals surface area contributed by atoms with E-state index in [2.05, 4.69) is 10.3 Å². The Hall–Kier alpha value is -2.30. The number of nitrogens with one attached hydrogen (secondary N) is 1. The first kappa shape index (κ1) is 17.5. The molecule has 0 unspecified atom stereocenters. The molecule has 0 atom stereocenters. The Bertz CT molecular complexity index is 910. The van der Waals surface area contributed by atoms with Gasteiger partial charge in [-0.1, -0.05) is 35.9 Å². The zero-order valence-corrected chi connectivity index (χ0v) is 15.5. The molecule has 3 rings (SSSR count). The predicted molar refractivity (Wildman–Crippen MR) is 106 cm³/mol. The summed E-state index contributed by atoms with van der Waals surface area (Å²) in [5, 5.41) is 3.59. The second-order valence-electron chi connectivity index (χ2n) is 5.55. The summed E-state index contributed by atoms with van der Waals surface area (Å²) in [4.78, 5) is 17.9. The Morgan fingerprint density at radius 2 is 1.92 bits per heavy atom. The Morgan fingerprint density at radius 3 is 2.60 bits per heavy atom. The number of hydrogen-bond donors (Lipinski definition) is 1. The highest BCUT2D eigenvalue weighted by Crippen LogP contribution is 2.31. The number of benzene rings is 2. The number of halogens is 1. The molecule has 0 aliphatic heterocycles. The molecule has 0 saturated heterocycles. The normalized spacial score (nSPS) is 10.5. The maximum Gasteiger partial charge on any atom is 0.255 e. The van der Waals surface area contributed by atoms with Crippen LogP contribution < -0.4 is 5.32 Å². The first-order chi connectivity index (χ1) is 12.1. The number of rotatable bonds is 4. The van der Waals surface area contributed by atoms with Crippen molar-refractivity contribution in [3.8, 4) is 11.3 Å². The van der Waals surface area contributed by atoms with Gasteiger partial charge in [0.1, 0.15) is 0 Å². The van der Waals surface area contributed by atoms with Crippen molar-refractivity contribution in [2.24, 2.45) is 0 Å². The van der Waals surface area contributed by atoms with Crippen LogP contribution in [0.15, 0.2) is 65.7 Å². The maximum atomic E-state index is 12.4. The summed E-state index contributed by atoms with van der Waals surface area (Å²) >= 11 is 7.68. The summed E-state index contributed by atoms with van der Waals surface area (Å²) in [5.41, 5.74) is 4.13. The molecular formula is C20H17ClN2OS. The van der Waals surface area contributed by atoms with Crippen LogP contribution >= 0.6 is 23.4 Å². The van der Waals surface area contributed by atoms with Gasteiger partial charge in [-0.05, 0) is 49.1 Å². The molecule has 25 heavy (non-hydrogen) atoms. The second-order valence-corrected chi connectivity index (χ2v) is 6.83. The molecule has 1 heterocycles. The molecule has 0 aliphatic carbocycles. The van der Waals surface area contributed by atoms with Crippen molar-refractivity contribution < 1.29 is 4.79 Å². The number of aryl methyl sites for hydroxylation is 1. The van der Waals surface area contributed by atoms with Gasteiger partial charge in [0.15, 0.2) is 0 Å². The van der Waals surface area contributed by atoms with E-state index in [0.717, 1.165) is 21.7 Å². The third-order valence-electron chi connectivity index (χ3n) is 3.85. The van der Waals surface area contributed by atoms with Crippen molar-refractivity contribution in [3.05, 3.63) is 76.9 Å². The summed E-state index contributed by atoms with van der Waals surface area (Å²) < 4.78 is 0. The van der Waals surface area contributed by atoms with Gasteiger partial charge in [-0.2, -0.15) is 0 Å². The topological polar surface area (TPSA) is 42.0 Å². The van der Waals surface area contributed by atoms with Crippen LogP contribution in [0.3, 0.4) is 0 Å². The van der Waals surface area contributed by atoms with Crippen LogP contribution in [0.1, 0.15) is 15.9 Å². The zero-order chi connectivity index (χ0) is 17.8. The third-order valence-corrected chi connectivity index (χ3v) is 4.86. The van der Waals surface area contributed by atoms with Crippen LogP contribution in [0.4, 0.5) is 5.69 Å². The summed E-state index contributed by atoms with van der Waals surface area (Å²) in [6.07, 6.45) is 3.68. The second kappa shape index (κ2) is 7.72. The van der Waals surface area contributed by atoms with E-state index in [0.29, 0.717) is 16.3 Å². The van der Waals surface area contributed by atoms with Crippen LogP contribution in [-0.4, -0.2) is 17.1 Å². The molecule has 0 fully saturated rings. The number of aromatic nitrogens is 1. The molecule has 2 aromatic carbocycles. The highest BCUT2D eigenvalue weighted by Gasteiger charge is 2.10. The lowest BCUT2D eigenvalue weighted by molar-refractivity contribution is 0.102. The minimum absolute atomic E-state index is 0.135. The fourth-order valence-electron chi connectivity index (χ4n) is 2.53. The van der Waals surface area contributed by atoms with Gasteiger partial charge in [-0.25, -0.2) is 0 Å². The zero-order valence-electron chi connectivity index (χ0n) is 13.9. The molecule has 1 aromatic heterocycles. The number of pyridine rings is 1. The minimum Gasteiger partial charge on any atom is -0.321 e. The number of nitrogens with zero attached hydrogens (tertiary/aromatic N) is 1. The lowest BCUT2D eigenvalue weighted by Crippen LogP contribution is -2.13. The molecule has 3 nitrogen and oxygen atoms in total. The standard InChI is InChI=1S/C20H17ClN2OS/c1-13-5-3-4-6-16(13)20(24)23-15-8-10-18(22-12-15)17-9-7-14(21)11-19(17)25-2/h3-12H,1-2H3,(H,23,24). The lowest BCUT2D eigenvalue weighted by atomic mass is 10.1. The summed E-state index contributed by atoms with van der Waals surface area (Å²) in [6.45, 7) is 1.92. The first-order valence-electron chi connectivity index (χ1n) is 7.75. The minimum atomic E-state index is -0.135. The molecule has 3 aromatic rings. The van der Waals surface area contributed by atoms with Crippen LogP contribution in [0.5, 0.6) is 0 Å². The molecule has 126 valence electrons. The average Bonchev–Trinajstić information content (AvgIpc) is 2.62. The summed E-state index contributed by atoms with van der Waals surface area (Å²) in [7, 11) is 0. The molecule has 0 spiro atoms. The number of anilines is 1. The monoisotopic (exact) mass is 368 g/mol. The quantitative estimate of drug-likeness (QED) is 0.602. The Morgan fingerprint density at radius 1 is 1.12 bits per heavy atom. The van der Waals surface area contributed by atoms with Crippen molar-refractivity contribution in [2.75, 3.05) is 11.6 Å². The third kappa shape index (κ3) is 4.03. The van der Waals surface area contributed by atoms with Gasteiger partial charge in [0, 0.05) is 21.0 Å². The largest absolute Gasteiger partial charge is 0.321 e. The van der Waals surface area contributed by atoms with E-state index in [9.17, 15) is 4.79 Å². The molecule has 0 radical (unpaired) electrons. The smallest absolute Gasteiger partial charge is 0.255 e. The maximum absolute atomic E-state index is 12.4. The van der Waals surface area contributed by atoms with Crippen LogP contribution in [0, 0.1) is 6.92 Å². The molecule has 0 saturated carbocycles. The van der Waals surface area contributed by atoms with Crippen molar-refractivity contribution in [2.45, 2.75) is 11.8 Å².